The number of methoxy groups -OCH3 is 1. The van der Waals surface area contributed by atoms with Crippen molar-refractivity contribution in [2.24, 2.45) is 0 Å². The van der Waals surface area contributed by atoms with Crippen LogP contribution in [0.1, 0.15) is 15.9 Å². The molecule has 0 aromatic heterocycles. The molecule has 84 valence electrons. The quantitative estimate of drug-likeness (QED) is 0.575. The van der Waals surface area contributed by atoms with Crippen molar-refractivity contribution in [3.05, 3.63) is 40.7 Å². The minimum atomic E-state index is -0.731. The standard InChI is InChI=1S/C12H7FN2O2/c1-17-12(16)9-3-2-4-11(13)10(9)5-8(6-14)7-15/h2-5H,1H3. The van der Waals surface area contributed by atoms with Crippen LogP contribution in [-0.2, 0) is 4.74 Å². The number of allylic oxidation sites excluding steroid dienone is 1. The molecule has 0 atom stereocenters. The minimum Gasteiger partial charge on any atom is -0.465 e. The highest BCUT2D eigenvalue weighted by molar-refractivity contribution is 5.94. The molecule has 0 amide bonds. The van der Waals surface area contributed by atoms with Crippen molar-refractivity contribution >= 4 is 12.0 Å². The van der Waals surface area contributed by atoms with E-state index in [4.69, 9.17) is 10.5 Å². The fourth-order valence-electron chi connectivity index (χ4n) is 1.21. The second kappa shape index (κ2) is 5.43. The number of halogens is 1. The Hall–Kier alpha value is -2.66. The summed E-state index contributed by atoms with van der Waals surface area (Å²) in [6.45, 7) is 0. The van der Waals surface area contributed by atoms with Gasteiger partial charge in [-0.25, -0.2) is 9.18 Å². The maximum Gasteiger partial charge on any atom is 0.338 e. The number of nitrogens with zero attached hydrogens (tertiary/aromatic N) is 2. The zero-order valence-corrected chi connectivity index (χ0v) is 8.90. The molecule has 1 rings (SSSR count). The Morgan fingerprint density at radius 1 is 1.41 bits per heavy atom. The molecule has 5 heteroatoms. The second-order valence-corrected chi connectivity index (χ2v) is 2.97. The highest BCUT2D eigenvalue weighted by Gasteiger charge is 2.14. The lowest BCUT2D eigenvalue weighted by molar-refractivity contribution is 0.0600. The number of benzene rings is 1. The van der Waals surface area contributed by atoms with Crippen LogP contribution >= 0.6 is 0 Å². The molecule has 0 bridgehead atoms. The number of rotatable bonds is 2. The van der Waals surface area contributed by atoms with Gasteiger partial charge in [0, 0.05) is 5.56 Å². The molecule has 0 N–H and O–H groups in total. The normalized spacial score (nSPS) is 8.71. The largest absolute Gasteiger partial charge is 0.465 e. The third kappa shape index (κ3) is 2.67. The Morgan fingerprint density at radius 3 is 2.59 bits per heavy atom. The van der Waals surface area contributed by atoms with E-state index in [-0.39, 0.29) is 16.7 Å². The molecule has 0 saturated heterocycles. The molecular weight excluding hydrogens is 223 g/mol. The van der Waals surface area contributed by atoms with Gasteiger partial charge in [0.25, 0.3) is 0 Å². The second-order valence-electron chi connectivity index (χ2n) is 2.97. The van der Waals surface area contributed by atoms with Gasteiger partial charge >= 0.3 is 5.97 Å². The Kier molecular flexibility index (Phi) is 3.96. The van der Waals surface area contributed by atoms with E-state index >= 15 is 0 Å². The maximum absolute atomic E-state index is 13.5. The van der Waals surface area contributed by atoms with Gasteiger partial charge in [-0.15, -0.1) is 0 Å². The van der Waals surface area contributed by atoms with E-state index in [1.54, 1.807) is 12.1 Å². The number of carbonyl (C=O) groups is 1. The molecule has 4 nitrogen and oxygen atoms in total. The van der Waals surface area contributed by atoms with Gasteiger partial charge in [0.2, 0.25) is 0 Å². The first-order valence-corrected chi connectivity index (χ1v) is 4.52. The first-order chi connectivity index (χ1) is 8.13. The summed E-state index contributed by atoms with van der Waals surface area (Å²) >= 11 is 0. The van der Waals surface area contributed by atoms with Crippen LogP contribution in [0.15, 0.2) is 23.8 Å². The van der Waals surface area contributed by atoms with Crippen molar-refractivity contribution in [2.75, 3.05) is 7.11 Å². The summed E-state index contributed by atoms with van der Waals surface area (Å²) in [5.41, 5.74) is -0.451. The molecule has 0 aliphatic heterocycles. The van der Waals surface area contributed by atoms with Crippen LogP contribution in [0.2, 0.25) is 0 Å². The van der Waals surface area contributed by atoms with Crippen LogP contribution in [0.4, 0.5) is 4.39 Å². The van der Waals surface area contributed by atoms with E-state index in [2.05, 4.69) is 4.74 Å². The van der Waals surface area contributed by atoms with Crippen molar-refractivity contribution in [3.63, 3.8) is 0 Å². The molecule has 0 fully saturated rings. The predicted octanol–water partition coefficient (Wildman–Crippen LogP) is 2.04. The summed E-state index contributed by atoms with van der Waals surface area (Å²) in [6.07, 6.45) is 1.02. The Labute approximate surface area is 97.2 Å². The van der Waals surface area contributed by atoms with E-state index in [9.17, 15) is 9.18 Å². The first-order valence-electron chi connectivity index (χ1n) is 4.52. The van der Waals surface area contributed by atoms with E-state index in [1.807, 2.05) is 0 Å². The highest BCUT2D eigenvalue weighted by atomic mass is 19.1. The van der Waals surface area contributed by atoms with Gasteiger partial charge in [-0.3, -0.25) is 0 Å². The molecule has 0 radical (unpaired) electrons. The van der Waals surface area contributed by atoms with Crippen LogP contribution in [0.25, 0.3) is 6.08 Å². The molecule has 0 unspecified atom stereocenters. The summed E-state index contributed by atoms with van der Waals surface area (Å²) < 4.78 is 18.0. The van der Waals surface area contributed by atoms with Crippen LogP contribution in [0.3, 0.4) is 0 Å². The van der Waals surface area contributed by atoms with Crippen molar-refractivity contribution in [2.45, 2.75) is 0 Å². The fraction of sp³-hybridized carbons (Fsp3) is 0.0833. The molecule has 0 aliphatic rings. The third-order valence-corrected chi connectivity index (χ3v) is 1.99. The van der Waals surface area contributed by atoms with Gasteiger partial charge in [0.15, 0.2) is 0 Å². The summed E-state index contributed by atoms with van der Waals surface area (Å²) in [6, 6.07) is 7.01. The summed E-state index contributed by atoms with van der Waals surface area (Å²) in [5, 5.41) is 17.2. The first kappa shape index (κ1) is 12.4. The van der Waals surface area contributed by atoms with Crippen molar-refractivity contribution in [1.82, 2.24) is 0 Å². The van der Waals surface area contributed by atoms with Gasteiger partial charge in [0.1, 0.15) is 23.5 Å². The number of ether oxygens (including phenoxy) is 1. The van der Waals surface area contributed by atoms with Crippen molar-refractivity contribution in [3.8, 4) is 12.1 Å². The monoisotopic (exact) mass is 230 g/mol. The smallest absolute Gasteiger partial charge is 0.338 e. The van der Waals surface area contributed by atoms with Gasteiger partial charge in [-0.2, -0.15) is 10.5 Å². The minimum absolute atomic E-state index is 0.0319. The number of nitriles is 2. The van der Waals surface area contributed by atoms with Crippen molar-refractivity contribution in [1.29, 1.82) is 10.5 Å². The van der Waals surface area contributed by atoms with Gasteiger partial charge < -0.3 is 4.74 Å². The van der Waals surface area contributed by atoms with Gasteiger partial charge in [-0.1, -0.05) is 6.07 Å². The van der Waals surface area contributed by atoms with Crippen LogP contribution in [0.5, 0.6) is 0 Å². The molecule has 1 aromatic carbocycles. The van der Waals surface area contributed by atoms with E-state index in [1.165, 1.54) is 12.1 Å². The van der Waals surface area contributed by atoms with Gasteiger partial charge in [-0.05, 0) is 18.2 Å². The lowest BCUT2D eigenvalue weighted by Crippen LogP contribution is -2.05. The molecule has 0 heterocycles. The molecule has 17 heavy (non-hydrogen) atoms. The Balaban J connectivity index is 3.43. The summed E-state index contributed by atoms with van der Waals surface area (Å²) in [5.74, 6) is -1.43. The molecule has 0 saturated carbocycles. The highest BCUT2D eigenvalue weighted by Crippen LogP contribution is 2.18. The molecular formula is C12H7FN2O2. The Morgan fingerprint density at radius 2 is 2.06 bits per heavy atom. The predicted molar refractivity (Wildman–Crippen MR) is 56.9 cm³/mol. The molecule has 0 aliphatic carbocycles. The average molecular weight is 230 g/mol. The Bertz CT molecular complexity index is 549. The summed E-state index contributed by atoms with van der Waals surface area (Å²) in [7, 11) is 1.16. The maximum atomic E-state index is 13.5. The SMILES string of the molecule is COC(=O)c1cccc(F)c1C=C(C#N)C#N. The lowest BCUT2D eigenvalue weighted by atomic mass is 10.0. The van der Waals surface area contributed by atoms with Crippen molar-refractivity contribution < 1.29 is 13.9 Å². The number of carbonyl (C=O) groups excluding carboxylic acids is 1. The number of hydrogen-bond donors (Lipinski definition) is 0. The van der Waals surface area contributed by atoms with Crippen LogP contribution < -0.4 is 0 Å². The van der Waals surface area contributed by atoms with E-state index in [0.29, 0.717) is 0 Å². The lowest BCUT2D eigenvalue weighted by Gasteiger charge is -2.04. The third-order valence-electron chi connectivity index (χ3n) is 1.99. The van der Waals surface area contributed by atoms with Gasteiger partial charge in [0.05, 0.1) is 12.7 Å². The average Bonchev–Trinajstić information content (AvgIpc) is 2.36. The van der Waals surface area contributed by atoms with E-state index in [0.717, 1.165) is 19.3 Å². The topological polar surface area (TPSA) is 73.9 Å². The van der Waals surface area contributed by atoms with E-state index < -0.39 is 11.8 Å². The van der Waals surface area contributed by atoms with Crippen LogP contribution in [-0.4, -0.2) is 13.1 Å². The molecule has 1 aromatic rings. The van der Waals surface area contributed by atoms with Crippen LogP contribution in [0, 0.1) is 28.5 Å². The number of hydrogen-bond acceptors (Lipinski definition) is 4. The zero-order chi connectivity index (χ0) is 12.8. The zero-order valence-electron chi connectivity index (χ0n) is 8.90. The molecule has 0 spiro atoms. The fourth-order valence-corrected chi connectivity index (χ4v) is 1.21. The number of esters is 1. The summed E-state index contributed by atoms with van der Waals surface area (Å²) in [4.78, 5) is 11.4.